The Morgan fingerprint density at radius 3 is 1.00 bits per heavy atom. The molecule has 0 aliphatic carbocycles. The summed E-state index contributed by atoms with van der Waals surface area (Å²) in [5, 5.41) is 3.98. The summed E-state index contributed by atoms with van der Waals surface area (Å²) in [5.74, 6) is 1.23. The van der Waals surface area contributed by atoms with E-state index in [1.54, 1.807) is 0 Å². The molecule has 39 heavy (non-hydrogen) atoms. The summed E-state index contributed by atoms with van der Waals surface area (Å²) in [6.07, 6.45) is 0. The summed E-state index contributed by atoms with van der Waals surface area (Å²) in [5.41, 5.74) is 7.65. The van der Waals surface area contributed by atoms with Crippen LogP contribution in [0.3, 0.4) is 0 Å². The second kappa shape index (κ2) is 11.2. The van der Waals surface area contributed by atoms with Gasteiger partial charge in [-0.15, -0.1) is 0 Å². The first-order chi connectivity index (χ1) is 19.3. The van der Waals surface area contributed by atoms with E-state index in [0.717, 1.165) is 5.69 Å². The predicted octanol–water partition coefficient (Wildman–Crippen LogP) is 9.11. The SMILES string of the molecule is c1ccc([C](c2ccccc2)c2ccc(NC(c3ccccc3)(c3ccccc3)c3ccccc3)cc2)cc1. The van der Waals surface area contributed by atoms with E-state index in [-0.39, 0.29) is 0 Å². The summed E-state index contributed by atoms with van der Waals surface area (Å²) in [7, 11) is 0. The number of rotatable bonds is 8. The van der Waals surface area contributed by atoms with Gasteiger partial charge in [-0.3, -0.25) is 0 Å². The van der Waals surface area contributed by atoms with Gasteiger partial charge in [0.15, 0.2) is 0 Å². The Hall–Kier alpha value is -4.88. The van der Waals surface area contributed by atoms with Gasteiger partial charge < -0.3 is 5.32 Å². The van der Waals surface area contributed by atoms with Crippen LogP contribution in [0, 0.1) is 5.92 Å². The quantitative estimate of drug-likeness (QED) is 0.206. The van der Waals surface area contributed by atoms with E-state index in [2.05, 4.69) is 181 Å². The predicted molar refractivity (Wildman–Crippen MR) is 163 cm³/mol. The molecule has 0 amide bonds. The molecule has 0 saturated heterocycles. The van der Waals surface area contributed by atoms with Gasteiger partial charge in [-0.25, -0.2) is 0 Å². The van der Waals surface area contributed by atoms with Gasteiger partial charge in [0.1, 0.15) is 5.54 Å². The van der Waals surface area contributed by atoms with Crippen molar-refractivity contribution in [1.29, 1.82) is 0 Å². The molecule has 0 bridgehead atoms. The molecule has 1 radical (unpaired) electrons. The highest BCUT2D eigenvalue weighted by atomic mass is 15.0. The average molecular weight is 501 g/mol. The van der Waals surface area contributed by atoms with Crippen LogP contribution in [0.5, 0.6) is 0 Å². The Labute approximate surface area is 231 Å². The Morgan fingerprint density at radius 2 is 0.641 bits per heavy atom. The lowest BCUT2D eigenvalue weighted by Crippen LogP contribution is -2.38. The highest BCUT2D eigenvalue weighted by molar-refractivity contribution is 5.63. The van der Waals surface area contributed by atoms with Crippen molar-refractivity contribution < 1.29 is 0 Å². The van der Waals surface area contributed by atoms with Crippen molar-refractivity contribution in [2.24, 2.45) is 0 Å². The highest BCUT2D eigenvalue weighted by Crippen LogP contribution is 2.40. The van der Waals surface area contributed by atoms with Crippen molar-refractivity contribution in [2.45, 2.75) is 5.54 Å². The van der Waals surface area contributed by atoms with Crippen molar-refractivity contribution >= 4 is 5.69 Å². The van der Waals surface area contributed by atoms with Crippen LogP contribution in [0.15, 0.2) is 176 Å². The summed E-state index contributed by atoms with van der Waals surface area (Å²) >= 11 is 0. The van der Waals surface area contributed by atoms with E-state index in [9.17, 15) is 0 Å². The van der Waals surface area contributed by atoms with Gasteiger partial charge in [0, 0.05) is 5.69 Å². The molecule has 0 aromatic heterocycles. The molecule has 0 heterocycles. The first-order valence-electron chi connectivity index (χ1n) is 13.4. The van der Waals surface area contributed by atoms with Crippen LogP contribution in [0.25, 0.3) is 0 Å². The molecule has 0 aliphatic rings. The fourth-order valence-electron chi connectivity index (χ4n) is 5.43. The van der Waals surface area contributed by atoms with Gasteiger partial charge in [-0.1, -0.05) is 164 Å². The molecule has 0 aliphatic heterocycles. The summed E-state index contributed by atoms with van der Waals surface area (Å²) in [6.45, 7) is 0. The van der Waals surface area contributed by atoms with E-state index in [1.807, 2.05) is 0 Å². The maximum atomic E-state index is 3.98. The Morgan fingerprint density at radius 1 is 0.333 bits per heavy atom. The van der Waals surface area contributed by atoms with Crippen molar-refractivity contribution in [1.82, 2.24) is 0 Å². The van der Waals surface area contributed by atoms with E-state index in [0.29, 0.717) is 0 Å². The molecular weight excluding hydrogens is 470 g/mol. The van der Waals surface area contributed by atoms with Crippen LogP contribution < -0.4 is 5.32 Å². The third-order valence-corrected chi connectivity index (χ3v) is 7.25. The third kappa shape index (κ3) is 5.00. The Kier molecular flexibility index (Phi) is 7.05. The number of hydrogen-bond donors (Lipinski definition) is 1. The van der Waals surface area contributed by atoms with Crippen LogP contribution in [-0.2, 0) is 5.54 Å². The van der Waals surface area contributed by atoms with Crippen LogP contribution >= 0.6 is 0 Å². The molecule has 6 rings (SSSR count). The number of benzene rings is 6. The minimum atomic E-state index is -0.559. The molecule has 0 unspecified atom stereocenters. The normalized spacial score (nSPS) is 11.3. The molecule has 0 fully saturated rings. The Balaban J connectivity index is 1.45. The van der Waals surface area contributed by atoms with Gasteiger partial charge in [-0.05, 0) is 45.5 Å². The van der Waals surface area contributed by atoms with Crippen molar-refractivity contribution in [3.05, 3.63) is 215 Å². The molecule has 1 nitrogen and oxygen atoms in total. The van der Waals surface area contributed by atoms with Gasteiger partial charge in [0.05, 0.1) is 5.92 Å². The molecule has 1 N–H and O–H groups in total. The summed E-state index contributed by atoms with van der Waals surface area (Å²) in [6, 6.07) is 62.2. The molecule has 6 aromatic rings. The summed E-state index contributed by atoms with van der Waals surface area (Å²) < 4.78 is 0. The fraction of sp³-hybridized carbons (Fsp3) is 0.0263. The fourth-order valence-corrected chi connectivity index (χ4v) is 5.43. The first-order valence-corrected chi connectivity index (χ1v) is 13.4. The minimum Gasteiger partial charge on any atom is -0.368 e. The highest BCUT2D eigenvalue weighted by Gasteiger charge is 2.36. The molecule has 1 heteroatoms. The maximum absolute atomic E-state index is 3.98. The van der Waals surface area contributed by atoms with E-state index in [4.69, 9.17) is 0 Å². The van der Waals surface area contributed by atoms with E-state index in [1.165, 1.54) is 39.3 Å². The van der Waals surface area contributed by atoms with Crippen molar-refractivity contribution in [3.63, 3.8) is 0 Å². The number of anilines is 1. The van der Waals surface area contributed by atoms with Gasteiger partial charge >= 0.3 is 0 Å². The van der Waals surface area contributed by atoms with Crippen LogP contribution in [0.4, 0.5) is 5.69 Å². The molecule has 0 atom stereocenters. The van der Waals surface area contributed by atoms with Crippen LogP contribution in [0.2, 0.25) is 0 Å². The lowest BCUT2D eigenvalue weighted by molar-refractivity contribution is 0.712. The van der Waals surface area contributed by atoms with Gasteiger partial charge in [0.25, 0.3) is 0 Å². The summed E-state index contributed by atoms with van der Waals surface area (Å²) in [4.78, 5) is 0. The number of hydrogen-bond acceptors (Lipinski definition) is 1. The lowest BCUT2D eigenvalue weighted by atomic mass is 9.76. The minimum absolute atomic E-state index is 0.559. The second-order valence-electron chi connectivity index (χ2n) is 9.66. The zero-order chi connectivity index (χ0) is 26.3. The lowest BCUT2D eigenvalue weighted by Gasteiger charge is -2.38. The topological polar surface area (TPSA) is 12.0 Å². The zero-order valence-corrected chi connectivity index (χ0v) is 21.7. The van der Waals surface area contributed by atoms with Crippen molar-refractivity contribution in [3.8, 4) is 0 Å². The van der Waals surface area contributed by atoms with Crippen LogP contribution in [-0.4, -0.2) is 0 Å². The second-order valence-corrected chi connectivity index (χ2v) is 9.66. The number of nitrogens with one attached hydrogen (secondary N) is 1. The van der Waals surface area contributed by atoms with Crippen LogP contribution in [0.1, 0.15) is 33.4 Å². The molecule has 0 saturated carbocycles. The molecular formula is C38H30N. The van der Waals surface area contributed by atoms with E-state index < -0.39 is 5.54 Å². The Bertz CT molecular complexity index is 1440. The van der Waals surface area contributed by atoms with Gasteiger partial charge in [-0.2, -0.15) is 0 Å². The first kappa shape index (κ1) is 24.5. The van der Waals surface area contributed by atoms with Gasteiger partial charge in [0.2, 0.25) is 0 Å². The molecule has 187 valence electrons. The smallest absolute Gasteiger partial charge is 0.114 e. The van der Waals surface area contributed by atoms with Crippen molar-refractivity contribution in [2.75, 3.05) is 5.32 Å². The van der Waals surface area contributed by atoms with E-state index >= 15 is 0 Å². The standard InChI is InChI=1S/C38H30N/c1-6-16-30(17-7-1)37(31-18-8-2-9-19-31)32-26-28-36(29-27-32)39-38(33-20-10-3-11-21-33,34-22-12-4-13-23-34)35-24-14-5-15-25-35/h1-29,39H. The third-order valence-electron chi connectivity index (χ3n) is 7.25. The maximum Gasteiger partial charge on any atom is 0.114 e. The largest absolute Gasteiger partial charge is 0.368 e. The molecule has 0 spiro atoms. The molecule has 6 aromatic carbocycles. The average Bonchev–Trinajstić information content (AvgIpc) is 3.03. The monoisotopic (exact) mass is 500 g/mol. The zero-order valence-electron chi connectivity index (χ0n) is 21.7.